The SMILES string of the molecule is COc1ccc(-c2cc(CNC(=O)c3ccc([N+](=O)[O-])cc3)no2)cc1OC. The van der Waals surface area contributed by atoms with Crippen molar-refractivity contribution in [3.63, 3.8) is 0 Å². The fourth-order valence-corrected chi connectivity index (χ4v) is 2.53. The molecular formula is C19H17N3O6. The molecule has 28 heavy (non-hydrogen) atoms. The third-order valence-electron chi connectivity index (χ3n) is 4.00. The average molecular weight is 383 g/mol. The van der Waals surface area contributed by atoms with Crippen LogP contribution in [0.4, 0.5) is 5.69 Å². The molecule has 3 rings (SSSR count). The number of nitro benzene ring substituents is 1. The van der Waals surface area contributed by atoms with Crippen molar-refractivity contribution in [2.45, 2.75) is 6.54 Å². The number of rotatable bonds is 7. The molecule has 1 aromatic heterocycles. The van der Waals surface area contributed by atoms with Crippen LogP contribution in [-0.2, 0) is 6.54 Å². The molecule has 0 fully saturated rings. The summed E-state index contributed by atoms with van der Waals surface area (Å²) in [4.78, 5) is 22.3. The van der Waals surface area contributed by atoms with Crippen molar-refractivity contribution in [3.8, 4) is 22.8 Å². The summed E-state index contributed by atoms with van der Waals surface area (Å²) < 4.78 is 15.8. The molecule has 0 unspecified atom stereocenters. The predicted molar refractivity (Wildman–Crippen MR) is 99.3 cm³/mol. The Hall–Kier alpha value is -3.88. The number of ether oxygens (including phenoxy) is 2. The minimum atomic E-state index is -0.521. The first-order valence-corrected chi connectivity index (χ1v) is 8.22. The Morgan fingerprint density at radius 2 is 1.82 bits per heavy atom. The van der Waals surface area contributed by atoms with Crippen LogP contribution in [0.1, 0.15) is 16.1 Å². The van der Waals surface area contributed by atoms with Crippen LogP contribution < -0.4 is 14.8 Å². The number of hydrogen-bond acceptors (Lipinski definition) is 7. The summed E-state index contributed by atoms with van der Waals surface area (Å²) >= 11 is 0. The Morgan fingerprint density at radius 1 is 1.11 bits per heavy atom. The topological polar surface area (TPSA) is 117 Å². The zero-order valence-corrected chi connectivity index (χ0v) is 15.2. The zero-order valence-electron chi connectivity index (χ0n) is 15.2. The highest BCUT2D eigenvalue weighted by Crippen LogP contribution is 2.32. The van der Waals surface area contributed by atoms with Gasteiger partial charge in [-0.15, -0.1) is 0 Å². The number of nitrogens with zero attached hydrogens (tertiary/aromatic N) is 2. The van der Waals surface area contributed by atoms with Crippen molar-refractivity contribution in [1.82, 2.24) is 10.5 Å². The number of methoxy groups -OCH3 is 2. The van der Waals surface area contributed by atoms with Crippen molar-refractivity contribution < 1.29 is 23.7 Å². The molecule has 3 aromatic rings. The summed E-state index contributed by atoms with van der Waals surface area (Å²) in [5, 5.41) is 17.3. The highest BCUT2D eigenvalue weighted by Gasteiger charge is 2.13. The number of carbonyl (C=O) groups is 1. The second kappa shape index (κ2) is 8.21. The van der Waals surface area contributed by atoms with E-state index < -0.39 is 4.92 Å². The van der Waals surface area contributed by atoms with Gasteiger partial charge in [-0.05, 0) is 30.3 Å². The molecule has 0 aliphatic rings. The maximum Gasteiger partial charge on any atom is 0.269 e. The van der Waals surface area contributed by atoms with Gasteiger partial charge in [-0.25, -0.2) is 0 Å². The van der Waals surface area contributed by atoms with Gasteiger partial charge in [-0.1, -0.05) is 5.16 Å². The van der Waals surface area contributed by atoms with Gasteiger partial charge in [0.05, 0.1) is 25.7 Å². The molecular weight excluding hydrogens is 366 g/mol. The van der Waals surface area contributed by atoms with Crippen LogP contribution in [0.15, 0.2) is 53.1 Å². The molecule has 0 saturated heterocycles. The summed E-state index contributed by atoms with van der Waals surface area (Å²) in [6.07, 6.45) is 0. The first-order valence-electron chi connectivity index (χ1n) is 8.22. The zero-order chi connectivity index (χ0) is 20.1. The third kappa shape index (κ3) is 4.09. The van der Waals surface area contributed by atoms with Gasteiger partial charge in [0.25, 0.3) is 11.6 Å². The Kier molecular flexibility index (Phi) is 5.54. The number of nitro groups is 1. The molecule has 2 aromatic carbocycles. The minimum absolute atomic E-state index is 0.0763. The van der Waals surface area contributed by atoms with Gasteiger partial charge in [0.15, 0.2) is 17.3 Å². The summed E-state index contributed by atoms with van der Waals surface area (Å²) in [7, 11) is 3.10. The molecule has 0 aliphatic heterocycles. The Balaban J connectivity index is 1.66. The highest BCUT2D eigenvalue weighted by atomic mass is 16.6. The average Bonchev–Trinajstić information content (AvgIpc) is 3.20. The maximum absolute atomic E-state index is 12.2. The highest BCUT2D eigenvalue weighted by molar-refractivity contribution is 5.94. The van der Waals surface area contributed by atoms with E-state index in [1.807, 2.05) is 0 Å². The van der Waals surface area contributed by atoms with Gasteiger partial charge in [0.1, 0.15) is 5.69 Å². The molecule has 0 saturated carbocycles. The molecule has 144 valence electrons. The molecule has 0 atom stereocenters. The standard InChI is InChI=1S/C19H17N3O6/c1-26-16-8-5-13(9-18(16)27-2)17-10-14(21-28-17)11-20-19(23)12-3-6-15(7-4-12)22(24)25/h3-10H,11H2,1-2H3,(H,20,23). The lowest BCUT2D eigenvalue weighted by molar-refractivity contribution is -0.384. The first-order chi connectivity index (χ1) is 13.5. The minimum Gasteiger partial charge on any atom is -0.493 e. The third-order valence-corrected chi connectivity index (χ3v) is 4.00. The number of aromatic nitrogens is 1. The van der Waals surface area contributed by atoms with E-state index in [1.165, 1.54) is 24.3 Å². The van der Waals surface area contributed by atoms with Gasteiger partial charge < -0.3 is 19.3 Å². The fourth-order valence-electron chi connectivity index (χ4n) is 2.53. The number of non-ortho nitro benzene ring substituents is 1. The lowest BCUT2D eigenvalue weighted by atomic mass is 10.1. The van der Waals surface area contributed by atoms with Crippen LogP contribution >= 0.6 is 0 Å². The number of benzene rings is 2. The molecule has 0 radical (unpaired) electrons. The van der Waals surface area contributed by atoms with Crippen LogP contribution in [0.25, 0.3) is 11.3 Å². The van der Waals surface area contributed by atoms with Gasteiger partial charge in [0.2, 0.25) is 0 Å². The second-order valence-electron chi connectivity index (χ2n) is 5.74. The smallest absolute Gasteiger partial charge is 0.269 e. The summed E-state index contributed by atoms with van der Waals surface area (Å²) in [6.45, 7) is 0.145. The van der Waals surface area contributed by atoms with Crippen LogP contribution in [-0.4, -0.2) is 30.2 Å². The van der Waals surface area contributed by atoms with Crippen LogP contribution in [0, 0.1) is 10.1 Å². The normalized spacial score (nSPS) is 10.4. The second-order valence-corrected chi connectivity index (χ2v) is 5.74. The molecule has 1 N–H and O–H groups in total. The van der Waals surface area contributed by atoms with E-state index in [1.54, 1.807) is 38.5 Å². The lowest BCUT2D eigenvalue weighted by Crippen LogP contribution is -2.22. The molecule has 1 amide bonds. The number of carbonyl (C=O) groups excluding carboxylic acids is 1. The summed E-state index contributed by atoms with van der Waals surface area (Å²) in [5.74, 6) is 1.30. The van der Waals surface area contributed by atoms with E-state index in [4.69, 9.17) is 14.0 Å². The molecule has 1 heterocycles. The molecule has 0 spiro atoms. The molecule has 9 nitrogen and oxygen atoms in total. The fraction of sp³-hybridized carbons (Fsp3) is 0.158. The van der Waals surface area contributed by atoms with Crippen molar-refractivity contribution in [3.05, 3.63) is 69.9 Å². The van der Waals surface area contributed by atoms with Crippen molar-refractivity contribution >= 4 is 11.6 Å². The van der Waals surface area contributed by atoms with Gasteiger partial charge in [-0.3, -0.25) is 14.9 Å². The monoisotopic (exact) mass is 383 g/mol. The van der Waals surface area contributed by atoms with E-state index in [2.05, 4.69) is 10.5 Å². The molecule has 0 bridgehead atoms. The number of nitrogens with one attached hydrogen (secondary N) is 1. The van der Waals surface area contributed by atoms with Crippen molar-refractivity contribution in [2.24, 2.45) is 0 Å². The molecule has 9 heteroatoms. The Bertz CT molecular complexity index is 997. The Morgan fingerprint density at radius 3 is 2.46 bits per heavy atom. The van der Waals surface area contributed by atoms with Gasteiger partial charge in [0, 0.05) is 29.3 Å². The van der Waals surface area contributed by atoms with Gasteiger partial charge >= 0.3 is 0 Å². The molecule has 0 aliphatic carbocycles. The first kappa shape index (κ1) is 18.9. The van der Waals surface area contributed by atoms with E-state index in [0.717, 1.165) is 5.56 Å². The maximum atomic E-state index is 12.2. The van der Waals surface area contributed by atoms with E-state index in [9.17, 15) is 14.9 Å². The summed E-state index contributed by atoms with van der Waals surface area (Å²) in [6, 6.07) is 12.4. The van der Waals surface area contributed by atoms with Gasteiger partial charge in [-0.2, -0.15) is 0 Å². The van der Waals surface area contributed by atoms with Crippen molar-refractivity contribution in [2.75, 3.05) is 14.2 Å². The van der Waals surface area contributed by atoms with E-state index in [0.29, 0.717) is 28.5 Å². The number of hydrogen-bond donors (Lipinski definition) is 1. The Labute approximate surface area is 160 Å². The van der Waals surface area contributed by atoms with E-state index >= 15 is 0 Å². The quantitative estimate of drug-likeness (QED) is 0.492. The van der Waals surface area contributed by atoms with Crippen LogP contribution in [0.3, 0.4) is 0 Å². The van der Waals surface area contributed by atoms with Crippen LogP contribution in [0.5, 0.6) is 11.5 Å². The lowest BCUT2D eigenvalue weighted by Gasteiger charge is -2.07. The summed E-state index contributed by atoms with van der Waals surface area (Å²) in [5.41, 5.74) is 1.51. The van der Waals surface area contributed by atoms with Crippen molar-refractivity contribution in [1.29, 1.82) is 0 Å². The number of amides is 1. The predicted octanol–water partition coefficient (Wildman–Crippen LogP) is 3.20. The largest absolute Gasteiger partial charge is 0.493 e. The van der Waals surface area contributed by atoms with E-state index in [-0.39, 0.29) is 18.1 Å². The van der Waals surface area contributed by atoms with Crippen LogP contribution in [0.2, 0.25) is 0 Å².